The van der Waals surface area contributed by atoms with Crippen LogP contribution in [0.5, 0.6) is 5.75 Å². The van der Waals surface area contributed by atoms with Gasteiger partial charge in [0.15, 0.2) is 0 Å². The van der Waals surface area contributed by atoms with E-state index < -0.39 is 0 Å². The van der Waals surface area contributed by atoms with Crippen molar-refractivity contribution in [1.29, 1.82) is 0 Å². The number of ether oxygens (including phenoxy) is 1. The Hall–Kier alpha value is -0.540. The topological polar surface area (TPSA) is 35.2 Å². The number of hydrogen-bond donors (Lipinski definition) is 1. The first-order valence-corrected chi connectivity index (χ1v) is 6.57. The fourth-order valence-electron chi connectivity index (χ4n) is 1.88. The zero-order chi connectivity index (χ0) is 12.0. The van der Waals surface area contributed by atoms with Crippen molar-refractivity contribution in [2.24, 2.45) is 5.73 Å². The highest BCUT2D eigenvalue weighted by Gasteiger charge is 2.09. The van der Waals surface area contributed by atoms with Crippen LogP contribution >= 0.6 is 15.9 Å². The molecule has 0 bridgehead atoms. The van der Waals surface area contributed by atoms with Crippen LogP contribution in [0.1, 0.15) is 30.9 Å². The van der Waals surface area contributed by atoms with Crippen molar-refractivity contribution >= 4 is 15.9 Å². The second-order valence-electron chi connectivity index (χ2n) is 3.86. The van der Waals surface area contributed by atoms with Gasteiger partial charge in [0.1, 0.15) is 5.75 Å². The summed E-state index contributed by atoms with van der Waals surface area (Å²) in [5.41, 5.74) is 8.05. The lowest BCUT2D eigenvalue weighted by molar-refractivity contribution is 0.404. The quantitative estimate of drug-likeness (QED) is 0.814. The Bertz CT molecular complexity index is 339. The normalized spacial score (nSPS) is 10.5. The van der Waals surface area contributed by atoms with E-state index in [1.165, 1.54) is 11.1 Å². The van der Waals surface area contributed by atoms with E-state index in [4.69, 9.17) is 10.5 Å². The minimum Gasteiger partial charge on any atom is -0.496 e. The van der Waals surface area contributed by atoms with E-state index in [0.29, 0.717) is 0 Å². The summed E-state index contributed by atoms with van der Waals surface area (Å²) in [6.45, 7) is 2.91. The average Bonchev–Trinajstić information content (AvgIpc) is 2.28. The Morgan fingerprint density at radius 1 is 1.25 bits per heavy atom. The van der Waals surface area contributed by atoms with Crippen LogP contribution in [0.4, 0.5) is 0 Å². The number of benzene rings is 1. The molecule has 0 aliphatic rings. The Morgan fingerprint density at radius 2 is 1.94 bits per heavy atom. The van der Waals surface area contributed by atoms with Crippen molar-refractivity contribution in [3.05, 3.63) is 27.7 Å². The standard InChI is InChI=1S/C13H20BrNO/c1-3-10-8-12(14)9-11(13(10)16-2)6-4-5-7-15/h8-9H,3-7,15H2,1-2H3. The molecule has 0 spiro atoms. The Kier molecular flexibility index (Phi) is 5.85. The molecule has 0 radical (unpaired) electrons. The van der Waals surface area contributed by atoms with Crippen LogP contribution in [0, 0.1) is 0 Å². The highest BCUT2D eigenvalue weighted by molar-refractivity contribution is 9.10. The Labute approximate surface area is 106 Å². The molecule has 0 heterocycles. The Balaban J connectivity index is 2.91. The number of halogens is 1. The molecule has 0 aromatic heterocycles. The SMILES string of the molecule is CCc1cc(Br)cc(CCCCN)c1OC. The largest absolute Gasteiger partial charge is 0.496 e. The number of methoxy groups -OCH3 is 1. The first kappa shape index (κ1) is 13.5. The molecule has 90 valence electrons. The van der Waals surface area contributed by atoms with E-state index >= 15 is 0 Å². The molecule has 2 N–H and O–H groups in total. The molecular formula is C13H20BrNO. The summed E-state index contributed by atoms with van der Waals surface area (Å²) >= 11 is 3.55. The summed E-state index contributed by atoms with van der Waals surface area (Å²) in [5.74, 6) is 1.04. The van der Waals surface area contributed by atoms with Crippen molar-refractivity contribution in [3.8, 4) is 5.75 Å². The van der Waals surface area contributed by atoms with E-state index in [1.807, 2.05) is 0 Å². The van der Waals surface area contributed by atoms with Gasteiger partial charge in [-0.2, -0.15) is 0 Å². The highest BCUT2D eigenvalue weighted by atomic mass is 79.9. The smallest absolute Gasteiger partial charge is 0.125 e. The van der Waals surface area contributed by atoms with Gasteiger partial charge in [-0.3, -0.25) is 0 Å². The summed E-state index contributed by atoms with van der Waals surface area (Å²) in [4.78, 5) is 0. The maximum absolute atomic E-state index is 5.51. The van der Waals surface area contributed by atoms with E-state index in [-0.39, 0.29) is 0 Å². The van der Waals surface area contributed by atoms with Gasteiger partial charge in [-0.25, -0.2) is 0 Å². The van der Waals surface area contributed by atoms with Gasteiger partial charge in [0.2, 0.25) is 0 Å². The summed E-state index contributed by atoms with van der Waals surface area (Å²) in [6.07, 6.45) is 4.21. The zero-order valence-electron chi connectivity index (χ0n) is 10.1. The maximum Gasteiger partial charge on any atom is 0.125 e. The molecule has 1 rings (SSSR count). The van der Waals surface area contributed by atoms with Crippen molar-refractivity contribution < 1.29 is 4.74 Å². The molecule has 16 heavy (non-hydrogen) atoms. The number of rotatable bonds is 6. The van der Waals surface area contributed by atoms with Gasteiger partial charge in [-0.1, -0.05) is 22.9 Å². The lowest BCUT2D eigenvalue weighted by Crippen LogP contribution is -2.01. The van der Waals surface area contributed by atoms with Gasteiger partial charge in [-0.05, 0) is 55.5 Å². The number of hydrogen-bond acceptors (Lipinski definition) is 2. The van der Waals surface area contributed by atoms with Crippen LogP contribution in [0.3, 0.4) is 0 Å². The molecule has 2 nitrogen and oxygen atoms in total. The van der Waals surface area contributed by atoms with E-state index in [1.54, 1.807) is 7.11 Å². The minimum atomic E-state index is 0.761. The molecule has 0 amide bonds. The molecule has 0 saturated heterocycles. The van der Waals surface area contributed by atoms with E-state index in [2.05, 4.69) is 35.0 Å². The summed E-state index contributed by atoms with van der Waals surface area (Å²) in [6, 6.07) is 4.28. The third-order valence-corrected chi connectivity index (χ3v) is 3.15. The first-order valence-electron chi connectivity index (χ1n) is 5.78. The van der Waals surface area contributed by atoms with Crippen LogP contribution in [-0.4, -0.2) is 13.7 Å². The summed E-state index contributed by atoms with van der Waals surface area (Å²) < 4.78 is 6.63. The maximum atomic E-state index is 5.51. The molecule has 0 aliphatic carbocycles. The summed E-state index contributed by atoms with van der Waals surface area (Å²) in [5, 5.41) is 0. The molecule has 0 atom stereocenters. The molecular weight excluding hydrogens is 266 g/mol. The Morgan fingerprint density at radius 3 is 2.50 bits per heavy atom. The van der Waals surface area contributed by atoms with Gasteiger partial charge in [-0.15, -0.1) is 0 Å². The molecule has 0 aliphatic heterocycles. The molecule has 0 saturated carbocycles. The van der Waals surface area contributed by atoms with Gasteiger partial charge in [0, 0.05) is 4.47 Å². The molecule has 0 fully saturated rings. The molecule has 1 aromatic rings. The third kappa shape index (κ3) is 3.49. The van der Waals surface area contributed by atoms with Crippen molar-refractivity contribution in [1.82, 2.24) is 0 Å². The lowest BCUT2D eigenvalue weighted by Gasteiger charge is -2.13. The second-order valence-corrected chi connectivity index (χ2v) is 4.77. The molecule has 3 heteroatoms. The van der Waals surface area contributed by atoms with Crippen LogP contribution in [0.15, 0.2) is 16.6 Å². The first-order chi connectivity index (χ1) is 7.72. The lowest BCUT2D eigenvalue weighted by atomic mass is 10.0. The monoisotopic (exact) mass is 285 g/mol. The van der Waals surface area contributed by atoms with Crippen molar-refractivity contribution in [3.63, 3.8) is 0 Å². The predicted molar refractivity (Wildman–Crippen MR) is 72.1 cm³/mol. The zero-order valence-corrected chi connectivity index (χ0v) is 11.6. The van der Waals surface area contributed by atoms with Crippen LogP contribution < -0.4 is 10.5 Å². The third-order valence-electron chi connectivity index (χ3n) is 2.69. The molecule has 1 aromatic carbocycles. The van der Waals surface area contributed by atoms with Crippen LogP contribution in [-0.2, 0) is 12.8 Å². The van der Waals surface area contributed by atoms with Crippen molar-refractivity contribution in [2.45, 2.75) is 32.6 Å². The average molecular weight is 286 g/mol. The molecule has 0 unspecified atom stereocenters. The van der Waals surface area contributed by atoms with Gasteiger partial charge >= 0.3 is 0 Å². The predicted octanol–water partition coefficient (Wildman–Crippen LogP) is 3.30. The van der Waals surface area contributed by atoms with Crippen molar-refractivity contribution in [2.75, 3.05) is 13.7 Å². The number of nitrogens with two attached hydrogens (primary N) is 1. The minimum absolute atomic E-state index is 0.761. The van der Waals surface area contributed by atoms with Gasteiger partial charge < -0.3 is 10.5 Å². The fraction of sp³-hybridized carbons (Fsp3) is 0.538. The van der Waals surface area contributed by atoms with Gasteiger partial charge in [0.05, 0.1) is 7.11 Å². The van der Waals surface area contributed by atoms with Gasteiger partial charge in [0.25, 0.3) is 0 Å². The second kappa shape index (κ2) is 6.92. The van der Waals surface area contributed by atoms with Crippen LogP contribution in [0.2, 0.25) is 0 Å². The highest BCUT2D eigenvalue weighted by Crippen LogP contribution is 2.29. The fourth-order valence-corrected chi connectivity index (χ4v) is 2.43. The van der Waals surface area contributed by atoms with E-state index in [9.17, 15) is 0 Å². The summed E-state index contributed by atoms with van der Waals surface area (Å²) in [7, 11) is 1.74. The van der Waals surface area contributed by atoms with E-state index in [0.717, 1.165) is 42.5 Å². The van der Waals surface area contributed by atoms with Crippen LogP contribution in [0.25, 0.3) is 0 Å². The number of aryl methyl sites for hydroxylation is 2. The number of unbranched alkanes of at least 4 members (excludes halogenated alkanes) is 1.